The minimum Gasteiger partial charge on any atom is -0.489 e. The molecule has 168 valence electrons. The van der Waals surface area contributed by atoms with E-state index in [-0.39, 0.29) is 11.7 Å². The summed E-state index contributed by atoms with van der Waals surface area (Å²) in [4.78, 5) is 20.1. The standard InChI is InChI=1S/C27H25FN2O2S/c1-4-30-26(31)25(33-27(30)29-24-15-18(2)5-6-19(24)3)16-20-9-13-23(14-10-20)32-17-21-7-11-22(28)12-8-21/h5-16H,4,17H2,1-3H3/b25-16+,29-27?. The van der Waals surface area contributed by atoms with Crippen molar-refractivity contribution in [1.29, 1.82) is 0 Å². The Hall–Kier alpha value is -3.38. The van der Waals surface area contributed by atoms with Gasteiger partial charge in [-0.3, -0.25) is 9.69 Å². The molecule has 4 rings (SSSR count). The van der Waals surface area contributed by atoms with Crippen molar-refractivity contribution in [3.63, 3.8) is 0 Å². The predicted octanol–water partition coefficient (Wildman–Crippen LogP) is 6.65. The summed E-state index contributed by atoms with van der Waals surface area (Å²) < 4.78 is 18.8. The number of aliphatic imine (C=N–C) groups is 1. The summed E-state index contributed by atoms with van der Waals surface area (Å²) in [5.41, 5.74) is 4.89. The number of halogens is 1. The van der Waals surface area contributed by atoms with E-state index in [1.807, 2.05) is 63.2 Å². The van der Waals surface area contributed by atoms with Crippen molar-refractivity contribution in [3.05, 3.63) is 99.7 Å². The zero-order valence-electron chi connectivity index (χ0n) is 18.8. The van der Waals surface area contributed by atoms with Gasteiger partial charge in [0.2, 0.25) is 0 Å². The highest BCUT2D eigenvalue weighted by Crippen LogP contribution is 2.35. The number of ether oxygens (including phenoxy) is 1. The van der Waals surface area contributed by atoms with E-state index < -0.39 is 0 Å². The van der Waals surface area contributed by atoms with E-state index >= 15 is 0 Å². The van der Waals surface area contributed by atoms with Crippen LogP contribution in [0.25, 0.3) is 6.08 Å². The maximum atomic E-state index is 13.0. The lowest BCUT2D eigenvalue weighted by atomic mass is 10.1. The molecule has 0 aromatic heterocycles. The topological polar surface area (TPSA) is 41.9 Å². The van der Waals surface area contributed by atoms with Crippen LogP contribution in [-0.4, -0.2) is 22.5 Å². The van der Waals surface area contributed by atoms with Gasteiger partial charge < -0.3 is 4.74 Å². The van der Waals surface area contributed by atoms with Crippen molar-refractivity contribution in [1.82, 2.24) is 4.90 Å². The first-order chi connectivity index (χ1) is 15.9. The Kier molecular flexibility index (Phi) is 6.94. The van der Waals surface area contributed by atoms with Crippen LogP contribution in [0.4, 0.5) is 10.1 Å². The number of thioether (sulfide) groups is 1. The zero-order valence-corrected chi connectivity index (χ0v) is 19.7. The molecule has 4 nitrogen and oxygen atoms in total. The van der Waals surface area contributed by atoms with Crippen molar-refractivity contribution in [2.75, 3.05) is 6.54 Å². The molecule has 1 aliphatic heterocycles. The summed E-state index contributed by atoms with van der Waals surface area (Å²) >= 11 is 1.39. The molecule has 0 N–H and O–H groups in total. The van der Waals surface area contributed by atoms with Gasteiger partial charge in [-0.2, -0.15) is 0 Å². The molecule has 0 spiro atoms. The molecule has 33 heavy (non-hydrogen) atoms. The van der Waals surface area contributed by atoms with Crippen LogP contribution in [0.1, 0.15) is 29.2 Å². The molecule has 3 aromatic carbocycles. The van der Waals surface area contributed by atoms with E-state index in [1.165, 1.54) is 23.9 Å². The SMILES string of the molecule is CCN1C(=O)/C(=C\c2ccc(OCc3ccc(F)cc3)cc2)SC1=Nc1cc(C)ccc1C. The normalized spacial score (nSPS) is 16.1. The van der Waals surface area contributed by atoms with Crippen molar-refractivity contribution in [2.45, 2.75) is 27.4 Å². The van der Waals surface area contributed by atoms with E-state index in [1.54, 1.807) is 17.0 Å². The molecule has 0 saturated carbocycles. The fourth-order valence-corrected chi connectivity index (χ4v) is 4.43. The number of hydrogen-bond acceptors (Lipinski definition) is 4. The van der Waals surface area contributed by atoms with Gasteiger partial charge in [0.1, 0.15) is 18.2 Å². The Bertz CT molecular complexity index is 1220. The highest BCUT2D eigenvalue weighted by atomic mass is 32.2. The van der Waals surface area contributed by atoms with E-state index in [0.717, 1.165) is 27.9 Å². The lowest BCUT2D eigenvalue weighted by Gasteiger charge is -2.12. The number of carbonyl (C=O) groups excluding carboxylic acids is 1. The second-order valence-corrected chi connectivity index (χ2v) is 8.84. The average Bonchev–Trinajstić information content (AvgIpc) is 3.10. The lowest BCUT2D eigenvalue weighted by molar-refractivity contribution is -0.122. The minimum absolute atomic E-state index is 0.0387. The van der Waals surface area contributed by atoms with Gasteiger partial charge in [0.05, 0.1) is 10.6 Å². The molecule has 3 aromatic rings. The second kappa shape index (κ2) is 10.0. The van der Waals surface area contributed by atoms with Crippen LogP contribution < -0.4 is 4.74 Å². The fourth-order valence-electron chi connectivity index (χ4n) is 3.37. The first kappa shape index (κ1) is 22.8. The molecule has 0 unspecified atom stereocenters. The van der Waals surface area contributed by atoms with Gasteiger partial charge >= 0.3 is 0 Å². The molecular weight excluding hydrogens is 435 g/mol. The molecule has 6 heteroatoms. The van der Waals surface area contributed by atoms with Crippen LogP contribution in [0, 0.1) is 19.7 Å². The van der Waals surface area contributed by atoms with Gasteiger partial charge in [0.25, 0.3) is 5.91 Å². The molecule has 0 radical (unpaired) electrons. The molecule has 1 amide bonds. The van der Waals surface area contributed by atoms with Gasteiger partial charge in [0.15, 0.2) is 5.17 Å². The number of likely N-dealkylation sites (N-methyl/N-ethyl adjacent to an activating group) is 1. The first-order valence-electron chi connectivity index (χ1n) is 10.8. The van der Waals surface area contributed by atoms with Gasteiger partial charge in [-0.1, -0.05) is 36.4 Å². The fraction of sp³-hybridized carbons (Fsp3) is 0.185. The summed E-state index contributed by atoms with van der Waals surface area (Å²) in [6.07, 6.45) is 1.88. The van der Waals surface area contributed by atoms with Gasteiger partial charge in [0, 0.05) is 6.54 Å². The first-order valence-corrected chi connectivity index (χ1v) is 11.6. The molecule has 1 saturated heterocycles. The van der Waals surface area contributed by atoms with Crippen molar-refractivity contribution in [3.8, 4) is 5.75 Å². The Morgan fingerprint density at radius 2 is 1.76 bits per heavy atom. The van der Waals surface area contributed by atoms with E-state index in [2.05, 4.69) is 6.07 Å². The van der Waals surface area contributed by atoms with E-state index in [0.29, 0.717) is 29.0 Å². The number of rotatable bonds is 6. The van der Waals surface area contributed by atoms with E-state index in [9.17, 15) is 9.18 Å². The summed E-state index contributed by atoms with van der Waals surface area (Å²) in [7, 11) is 0. The van der Waals surface area contributed by atoms with Crippen LogP contribution in [0.2, 0.25) is 0 Å². The van der Waals surface area contributed by atoms with Crippen LogP contribution in [-0.2, 0) is 11.4 Å². The maximum Gasteiger partial charge on any atom is 0.266 e. The average molecular weight is 461 g/mol. The second-order valence-electron chi connectivity index (χ2n) is 7.83. The number of carbonyl (C=O) groups is 1. The lowest BCUT2D eigenvalue weighted by Crippen LogP contribution is -2.28. The largest absolute Gasteiger partial charge is 0.489 e. The molecule has 0 atom stereocenters. The van der Waals surface area contributed by atoms with Crippen LogP contribution in [0.5, 0.6) is 5.75 Å². The summed E-state index contributed by atoms with van der Waals surface area (Å²) in [6, 6.07) is 19.9. The maximum absolute atomic E-state index is 13.0. The number of aryl methyl sites for hydroxylation is 2. The highest BCUT2D eigenvalue weighted by Gasteiger charge is 2.32. The van der Waals surface area contributed by atoms with Gasteiger partial charge in [-0.25, -0.2) is 9.38 Å². The van der Waals surface area contributed by atoms with Crippen LogP contribution in [0.15, 0.2) is 76.6 Å². The molecule has 0 bridgehead atoms. The number of amidine groups is 1. The monoisotopic (exact) mass is 460 g/mol. The molecule has 0 aliphatic carbocycles. The number of benzene rings is 3. The van der Waals surface area contributed by atoms with Crippen LogP contribution >= 0.6 is 11.8 Å². The van der Waals surface area contributed by atoms with Gasteiger partial charge in [-0.15, -0.1) is 0 Å². The third-order valence-corrected chi connectivity index (χ3v) is 6.29. The Morgan fingerprint density at radius 3 is 2.45 bits per heavy atom. The summed E-state index contributed by atoms with van der Waals surface area (Å²) in [6.45, 7) is 6.92. The summed E-state index contributed by atoms with van der Waals surface area (Å²) in [5.74, 6) is 0.404. The number of hydrogen-bond donors (Lipinski definition) is 0. The van der Waals surface area contributed by atoms with Crippen molar-refractivity contribution in [2.24, 2.45) is 4.99 Å². The molecular formula is C27H25FN2O2S. The van der Waals surface area contributed by atoms with Crippen molar-refractivity contribution < 1.29 is 13.9 Å². The number of amides is 1. The van der Waals surface area contributed by atoms with Crippen LogP contribution in [0.3, 0.4) is 0 Å². The third-order valence-electron chi connectivity index (χ3n) is 5.28. The third kappa shape index (κ3) is 5.52. The Labute approximate surface area is 197 Å². The Morgan fingerprint density at radius 1 is 1.03 bits per heavy atom. The smallest absolute Gasteiger partial charge is 0.266 e. The zero-order chi connectivity index (χ0) is 23.4. The van der Waals surface area contributed by atoms with Gasteiger partial charge in [-0.05, 0) is 91.2 Å². The number of nitrogens with zero attached hydrogens (tertiary/aromatic N) is 2. The predicted molar refractivity (Wildman–Crippen MR) is 133 cm³/mol. The molecule has 1 aliphatic rings. The minimum atomic E-state index is -0.265. The summed E-state index contributed by atoms with van der Waals surface area (Å²) in [5, 5.41) is 0.696. The Balaban J connectivity index is 1.48. The highest BCUT2D eigenvalue weighted by molar-refractivity contribution is 8.18. The van der Waals surface area contributed by atoms with Crippen molar-refractivity contribution >= 4 is 34.6 Å². The quantitative estimate of drug-likeness (QED) is 0.387. The molecule has 1 fully saturated rings. The van der Waals surface area contributed by atoms with E-state index in [4.69, 9.17) is 9.73 Å². The molecule has 1 heterocycles.